The van der Waals surface area contributed by atoms with Crippen LogP contribution in [0.4, 0.5) is 0 Å². The van der Waals surface area contributed by atoms with Gasteiger partial charge in [0.15, 0.2) is 0 Å². The summed E-state index contributed by atoms with van der Waals surface area (Å²) < 4.78 is 2.34. The van der Waals surface area contributed by atoms with Gasteiger partial charge < -0.3 is 9.67 Å². The average molecular weight is 274 g/mol. The Labute approximate surface area is 119 Å². The van der Waals surface area contributed by atoms with Gasteiger partial charge >= 0.3 is 5.97 Å². The molecule has 0 aliphatic heterocycles. The number of hydrogen-bond acceptors (Lipinski definition) is 2. The maximum atomic E-state index is 10.9. The molecule has 1 aromatic rings. The minimum Gasteiger partial charge on any atom is -0.481 e. The van der Waals surface area contributed by atoms with Gasteiger partial charge in [-0.2, -0.15) is 0 Å². The Kier molecular flexibility index (Phi) is 2.54. The number of imidazole rings is 1. The van der Waals surface area contributed by atoms with E-state index in [9.17, 15) is 4.79 Å². The Morgan fingerprint density at radius 2 is 1.85 bits per heavy atom. The van der Waals surface area contributed by atoms with Crippen LogP contribution in [0.3, 0.4) is 0 Å². The van der Waals surface area contributed by atoms with Crippen LogP contribution in [0.1, 0.15) is 50.0 Å². The molecule has 4 aliphatic rings. The number of aryl methyl sites for hydroxylation is 1. The van der Waals surface area contributed by atoms with Crippen molar-refractivity contribution in [1.82, 2.24) is 9.55 Å². The van der Waals surface area contributed by atoms with Gasteiger partial charge in [-0.05, 0) is 63.2 Å². The van der Waals surface area contributed by atoms with E-state index in [1.165, 1.54) is 38.5 Å². The highest BCUT2D eigenvalue weighted by molar-refractivity contribution is 5.69. The van der Waals surface area contributed by atoms with Gasteiger partial charge in [-0.25, -0.2) is 4.98 Å². The zero-order chi connectivity index (χ0) is 13.9. The van der Waals surface area contributed by atoms with E-state index < -0.39 is 5.97 Å². The van der Waals surface area contributed by atoms with Gasteiger partial charge in [-0.3, -0.25) is 4.79 Å². The Morgan fingerprint density at radius 3 is 2.35 bits per heavy atom. The predicted molar refractivity (Wildman–Crippen MR) is 74.4 cm³/mol. The third-order valence-electron chi connectivity index (χ3n) is 5.78. The molecule has 5 rings (SSSR count). The minimum atomic E-state index is -0.792. The summed E-state index contributed by atoms with van der Waals surface area (Å²) in [6.07, 6.45) is 10.2. The van der Waals surface area contributed by atoms with Crippen molar-refractivity contribution in [3.05, 3.63) is 17.7 Å². The Hall–Kier alpha value is -1.32. The van der Waals surface area contributed by atoms with Crippen molar-refractivity contribution in [1.29, 1.82) is 0 Å². The topological polar surface area (TPSA) is 55.1 Å². The van der Waals surface area contributed by atoms with Crippen molar-refractivity contribution in [2.45, 2.75) is 57.4 Å². The fourth-order valence-corrected chi connectivity index (χ4v) is 5.61. The largest absolute Gasteiger partial charge is 0.481 e. The van der Waals surface area contributed by atoms with E-state index in [2.05, 4.69) is 9.55 Å². The average Bonchev–Trinajstić information content (AvgIpc) is 2.68. The van der Waals surface area contributed by atoms with Crippen LogP contribution in [0.15, 0.2) is 6.20 Å². The Balaban J connectivity index is 1.70. The van der Waals surface area contributed by atoms with Crippen LogP contribution in [-0.4, -0.2) is 20.6 Å². The SMILES string of the molecule is Cc1nc(CC(=O)O)cn1C12CC3CC(CC(C3)C1)C2. The van der Waals surface area contributed by atoms with E-state index in [1.54, 1.807) is 0 Å². The van der Waals surface area contributed by atoms with Gasteiger partial charge in [0, 0.05) is 11.7 Å². The minimum absolute atomic E-state index is 0.0419. The molecule has 4 bridgehead atoms. The molecule has 0 saturated heterocycles. The van der Waals surface area contributed by atoms with Crippen LogP contribution in [-0.2, 0) is 16.8 Å². The monoisotopic (exact) mass is 274 g/mol. The lowest BCUT2D eigenvalue weighted by atomic mass is 9.53. The number of aliphatic carboxylic acids is 1. The molecule has 4 fully saturated rings. The summed E-state index contributed by atoms with van der Waals surface area (Å²) in [5, 5.41) is 8.95. The second-order valence-electron chi connectivity index (χ2n) is 7.36. The third kappa shape index (κ3) is 1.80. The maximum absolute atomic E-state index is 10.9. The molecule has 0 unspecified atom stereocenters. The molecule has 1 aromatic heterocycles. The number of carbonyl (C=O) groups is 1. The lowest BCUT2D eigenvalue weighted by Gasteiger charge is -2.57. The van der Waals surface area contributed by atoms with Crippen LogP contribution >= 0.6 is 0 Å². The molecule has 0 radical (unpaired) electrons. The van der Waals surface area contributed by atoms with E-state index in [0.29, 0.717) is 5.69 Å². The highest BCUT2D eigenvalue weighted by Gasteiger charge is 2.52. The van der Waals surface area contributed by atoms with E-state index in [-0.39, 0.29) is 12.0 Å². The lowest BCUT2D eigenvalue weighted by Crippen LogP contribution is -2.51. The van der Waals surface area contributed by atoms with Crippen molar-refractivity contribution in [3.63, 3.8) is 0 Å². The van der Waals surface area contributed by atoms with E-state index >= 15 is 0 Å². The summed E-state index contributed by atoms with van der Waals surface area (Å²) in [6.45, 7) is 2.03. The molecule has 0 spiro atoms. The molecule has 20 heavy (non-hydrogen) atoms. The van der Waals surface area contributed by atoms with Gasteiger partial charge in [-0.1, -0.05) is 0 Å². The fraction of sp³-hybridized carbons (Fsp3) is 0.750. The highest BCUT2D eigenvalue weighted by Crippen LogP contribution is 2.59. The van der Waals surface area contributed by atoms with Gasteiger partial charge in [-0.15, -0.1) is 0 Å². The molecule has 4 saturated carbocycles. The van der Waals surface area contributed by atoms with E-state index in [4.69, 9.17) is 5.11 Å². The van der Waals surface area contributed by atoms with Gasteiger partial charge in [0.2, 0.25) is 0 Å². The number of carboxylic acid groups (broad SMARTS) is 1. The quantitative estimate of drug-likeness (QED) is 0.922. The summed E-state index contributed by atoms with van der Waals surface area (Å²) in [7, 11) is 0. The van der Waals surface area contributed by atoms with Crippen LogP contribution in [0.5, 0.6) is 0 Å². The van der Waals surface area contributed by atoms with Crippen LogP contribution in [0.25, 0.3) is 0 Å². The van der Waals surface area contributed by atoms with E-state index in [1.807, 2.05) is 13.1 Å². The van der Waals surface area contributed by atoms with Crippen LogP contribution in [0, 0.1) is 24.7 Å². The maximum Gasteiger partial charge on any atom is 0.309 e. The Bertz CT molecular complexity index is 526. The lowest BCUT2D eigenvalue weighted by molar-refractivity contribution is -0.136. The second kappa shape index (κ2) is 4.09. The molecule has 1 heterocycles. The molecular formula is C16H22N2O2. The molecule has 4 heteroatoms. The van der Waals surface area contributed by atoms with Crippen molar-refractivity contribution in [2.75, 3.05) is 0 Å². The van der Waals surface area contributed by atoms with Gasteiger partial charge in [0.1, 0.15) is 5.82 Å². The summed E-state index contributed by atoms with van der Waals surface area (Å²) in [5.74, 6) is 2.89. The number of hydrogen-bond donors (Lipinski definition) is 1. The summed E-state index contributed by atoms with van der Waals surface area (Å²) >= 11 is 0. The van der Waals surface area contributed by atoms with Gasteiger partial charge in [0.05, 0.1) is 12.1 Å². The zero-order valence-corrected chi connectivity index (χ0v) is 12.0. The van der Waals surface area contributed by atoms with Crippen LogP contribution < -0.4 is 0 Å². The molecule has 4 nitrogen and oxygen atoms in total. The van der Waals surface area contributed by atoms with Crippen molar-refractivity contribution in [2.24, 2.45) is 17.8 Å². The molecule has 0 amide bonds. The highest BCUT2D eigenvalue weighted by atomic mass is 16.4. The number of carboxylic acids is 1. The molecule has 0 aromatic carbocycles. The molecule has 108 valence electrons. The standard InChI is InChI=1S/C16H22N2O2/c1-10-17-14(5-15(19)20)9-18(10)16-6-11-2-12(7-16)4-13(3-11)8-16/h9,11-13H,2-8H2,1H3,(H,19,20). The molecule has 4 aliphatic carbocycles. The van der Waals surface area contributed by atoms with Crippen molar-refractivity contribution >= 4 is 5.97 Å². The van der Waals surface area contributed by atoms with Gasteiger partial charge in [0.25, 0.3) is 0 Å². The first-order chi connectivity index (χ1) is 9.54. The summed E-state index contributed by atoms with van der Waals surface area (Å²) in [5.41, 5.74) is 0.966. The third-order valence-corrected chi connectivity index (χ3v) is 5.78. The first-order valence-electron chi connectivity index (χ1n) is 7.81. The predicted octanol–water partition coefficient (Wildman–Crippen LogP) is 2.74. The van der Waals surface area contributed by atoms with E-state index in [0.717, 1.165) is 23.6 Å². The number of nitrogens with zero attached hydrogens (tertiary/aromatic N) is 2. The zero-order valence-electron chi connectivity index (χ0n) is 12.0. The van der Waals surface area contributed by atoms with Crippen molar-refractivity contribution in [3.8, 4) is 0 Å². The first kappa shape index (κ1) is 12.4. The summed E-state index contributed by atoms with van der Waals surface area (Å²) in [6, 6.07) is 0. The molecule has 1 N–H and O–H groups in total. The van der Waals surface area contributed by atoms with Crippen LogP contribution in [0.2, 0.25) is 0 Å². The molecular weight excluding hydrogens is 252 g/mol. The first-order valence-corrected chi connectivity index (χ1v) is 7.81. The molecule has 0 atom stereocenters. The number of aromatic nitrogens is 2. The fourth-order valence-electron chi connectivity index (χ4n) is 5.61. The summed E-state index contributed by atoms with van der Waals surface area (Å²) in [4.78, 5) is 15.4. The number of rotatable bonds is 3. The normalized spacial score (nSPS) is 38.4. The smallest absolute Gasteiger partial charge is 0.309 e. The van der Waals surface area contributed by atoms with Crippen molar-refractivity contribution < 1.29 is 9.90 Å². The second-order valence-corrected chi connectivity index (χ2v) is 7.36. The Morgan fingerprint density at radius 1 is 1.30 bits per heavy atom.